The van der Waals surface area contributed by atoms with E-state index in [4.69, 9.17) is 15.6 Å². The van der Waals surface area contributed by atoms with Crippen molar-refractivity contribution in [2.45, 2.75) is 43.4 Å². The van der Waals surface area contributed by atoms with Crippen LogP contribution in [-0.4, -0.2) is 64.0 Å². The Morgan fingerprint density at radius 2 is 2.40 bits per heavy atom. The van der Waals surface area contributed by atoms with E-state index >= 15 is 0 Å². The van der Waals surface area contributed by atoms with Crippen molar-refractivity contribution in [1.82, 2.24) is 5.01 Å². The molecule has 8 heteroatoms. The number of alkyl halides is 1. The molecular formula is C12H17FN4O3. The summed E-state index contributed by atoms with van der Waals surface area (Å²) in [6.45, 7) is 1.15. The molecule has 1 unspecified atom stereocenters. The fourth-order valence-corrected chi connectivity index (χ4v) is 3.03. The van der Waals surface area contributed by atoms with Gasteiger partial charge in [0.1, 0.15) is 24.1 Å². The molecule has 110 valence electrons. The first kappa shape index (κ1) is 13.5. The molecule has 0 spiro atoms. The number of aliphatic hydroxyl groups excluding tert-OH is 2. The summed E-state index contributed by atoms with van der Waals surface area (Å²) in [7, 11) is 0. The molecule has 3 aliphatic rings. The van der Waals surface area contributed by atoms with Crippen LogP contribution >= 0.6 is 0 Å². The maximum Gasteiger partial charge on any atom is 0.159 e. The summed E-state index contributed by atoms with van der Waals surface area (Å²) in [6.07, 6.45) is -0.304. The number of nitrogens with two attached hydrogens (primary N) is 1. The molecule has 1 saturated heterocycles. The van der Waals surface area contributed by atoms with Gasteiger partial charge < -0.3 is 20.7 Å². The van der Waals surface area contributed by atoms with Crippen LogP contribution in [0, 0.1) is 0 Å². The van der Waals surface area contributed by atoms with Crippen molar-refractivity contribution in [3.63, 3.8) is 0 Å². The molecule has 0 aromatic rings. The minimum absolute atomic E-state index is 0.318. The van der Waals surface area contributed by atoms with Gasteiger partial charge in [-0.2, -0.15) is 5.10 Å². The predicted molar refractivity (Wildman–Crippen MR) is 69.7 cm³/mol. The Bertz CT molecular complexity index is 509. The molecule has 0 bridgehead atoms. The van der Waals surface area contributed by atoms with Crippen molar-refractivity contribution in [2.24, 2.45) is 15.8 Å². The molecule has 0 aromatic carbocycles. The highest BCUT2D eigenvalue weighted by Gasteiger charge is 2.59. The zero-order valence-corrected chi connectivity index (χ0v) is 11.0. The molecule has 0 radical (unpaired) electrons. The summed E-state index contributed by atoms with van der Waals surface area (Å²) < 4.78 is 20.0. The van der Waals surface area contributed by atoms with Crippen molar-refractivity contribution in [3.8, 4) is 0 Å². The average Bonchev–Trinajstić information content (AvgIpc) is 2.96. The van der Waals surface area contributed by atoms with Gasteiger partial charge in [-0.1, -0.05) is 6.08 Å². The average molecular weight is 284 g/mol. The molecule has 1 fully saturated rings. The van der Waals surface area contributed by atoms with Crippen LogP contribution in [-0.2, 0) is 4.74 Å². The van der Waals surface area contributed by atoms with Crippen LogP contribution in [0.5, 0.6) is 0 Å². The number of nitrogens with zero attached hydrogens (tertiary/aromatic N) is 3. The number of hydrazone groups is 1. The Morgan fingerprint density at radius 1 is 1.65 bits per heavy atom. The van der Waals surface area contributed by atoms with Crippen LogP contribution in [0.2, 0.25) is 0 Å². The highest BCUT2D eigenvalue weighted by Crippen LogP contribution is 2.42. The summed E-state index contributed by atoms with van der Waals surface area (Å²) in [5.74, 6) is 0.318. The summed E-state index contributed by atoms with van der Waals surface area (Å²) >= 11 is 0. The molecule has 3 rings (SSSR count). The van der Waals surface area contributed by atoms with Crippen LogP contribution in [0.1, 0.15) is 13.3 Å². The van der Waals surface area contributed by atoms with E-state index in [0.29, 0.717) is 18.0 Å². The first-order chi connectivity index (χ1) is 9.49. The molecule has 7 nitrogen and oxygen atoms in total. The topological polar surface area (TPSA) is 104 Å². The van der Waals surface area contributed by atoms with Gasteiger partial charge in [-0.05, 0) is 13.3 Å². The Hall–Kier alpha value is -1.51. The second kappa shape index (κ2) is 4.51. The second-order valence-electron chi connectivity index (χ2n) is 5.35. The summed E-state index contributed by atoms with van der Waals surface area (Å²) in [5.41, 5.74) is 5.11. The van der Waals surface area contributed by atoms with E-state index in [9.17, 15) is 9.50 Å². The van der Waals surface area contributed by atoms with E-state index in [0.717, 1.165) is 0 Å². The second-order valence-corrected chi connectivity index (χ2v) is 5.35. The first-order valence-electron chi connectivity index (χ1n) is 6.45. The maximum atomic E-state index is 14.5. The largest absolute Gasteiger partial charge is 0.394 e. The smallest absolute Gasteiger partial charge is 0.159 e. The number of aliphatic imine (C=N–C) groups is 1. The fourth-order valence-electron chi connectivity index (χ4n) is 3.03. The van der Waals surface area contributed by atoms with Gasteiger partial charge in [-0.15, -0.1) is 0 Å². The van der Waals surface area contributed by atoms with E-state index in [2.05, 4.69) is 10.1 Å². The molecule has 4 N–H and O–H groups in total. The molecule has 5 atom stereocenters. The van der Waals surface area contributed by atoms with Crippen LogP contribution in [0.25, 0.3) is 0 Å². The number of amidine groups is 1. The molecule has 0 saturated carbocycles. The van der Waals surface area contributed by atoms with Crippen LogP contribution < -0.4 is 5.73 Å². The molecular weight excluding hydrogens is 267 g/mol. The van der Waals surface area contributed by atoms with Crippen molar-refractivity contribution < 1.29 is 19.3 Å². The molecule has 20 heavy (non-hydrogen) atoms. The lowest BCUT2D eigenvalue weighted by molar-refractivity contribution is -0.105. The number of aliphatic hydroxyl groups is 2. The fraction of sp³-hybridized carbons (Fsp3) is 0.667. The van der Waals surface area contributed by atoms with E-state index in [1.54, 1.807) is 11.9 Å². The van der Waals surface area contributed by atoms with E-state index in [1.807, 2.05) is 6.08 Å². The molecule has 0 aliphatic carbocycles. The third kappa shape index (κ3) is 1.68. The predicted octanol–water partition coefficient (Wildman–Crippen LogP) is -0.892. The summed E-state index contributed by atoms with van der Waals surface area (Å²) in [5, 5.41) is 24.7. The van der Waals surface area contributed by atoms with Crippen molar-refractivity contribution >= 4 is 12.2 Å². The minimum atomic E-state index is -1.62. The zero-order chi connectivity index (χ0) is 14.5. The Kier molecular flexibility index (Phi) is 3.03. The molecule has 0 amide bonds. The van der Waals surface area contributed by atoms with Gasteiger partial charge in [-0.3, -0.25) is 5.01 Å². The van der Waals surface area contributed by atoms with Crippen LogP contribution in [0.3, 0.4) is 0 Å². The Labute approximate surface area is 115 Å². The number of ether oxygens (including phenoxy) is 1. The van der Waals surface area contributed by atoms with E-state index < -0.39 is 36.6 Å². The number of fused-ring (bicyclic) bond motifs is 1. The van der Waals surface area contributed by atoms with Gasteiger partial charge in [-0.25, -0.2) is 9.38 Å². The van der Waals surface area contributed by atoms with Crippen LogP contribution in [0.15, 0.2) is 21.9 Å². The van der Waals surface area contributed by atoms with Gasteiger partial charge in [0.2, 0.25) is 0 Å². The lowest BCUT2D eigenvalue weighted by atomic mass is 9.88. The number of rotatable bonds is 2. The minimum Gasteiger partial charge on any atom is -0.394 e. The number of halogens is 1. The molecule has 0 aromatic heterocycles. The molecule has 3 aliphatic heterocycles. The standard InChI is InChI=1S/C12H17FN4O3/c1-12(10(13)9(19)7(4-18)20-12)8-3-2-6-11(14)15-5-16-17(6)8/h2,5,7-10,18-19H,3-4H2,1H3,(H2,14,15,16)/t7-,8?,9-,10-,12+/m1/s1. The highest BCUT2D eigenvalue weighted by atomic mass is 19.1. The van der Waals surface area contributed by atoms with E-state index in [-0.39, 0.29) is 0 Å². The van der Waals surface area contributed by atoms with E-state index in [1.165, 1.54) is 6.34 Å². The van der Waals surface area contributed by atoms with Crippen molar-refractivity contribution in [2.75, 3.05) is 6.61 Å². The first-order valence-corrected chi connectivity index (χ1v) is 6.45. The normalized spacial score (nSPS) is 43.5. The van der Waals surface area contributed by atoms with Crippen molar-refractivity contribution in [3.05, 3.63) is 11.8 Å². The summed E-state index contributed by atoms with van der Waals surface area (Å²) in [6, 6.07) is -0.441. The van der Waals surface area contributed by atoms with Gasteiger partial charge in [0.25, 0.3) is 0 Å². The monoisotopic (exact) mass is 284 g/mol. The highest BCUT2D eigenvalue weighted by molar-refractivity contribution is 6.02. The van der Waals surface area contributed by atoms with Gasteiger partial charge >= 0.3 is 0 Å². The third-order valence-electron chi connectivity index (χ3n) is 4.19. The third-order valence-corrected chi connectivity index (χ3v) is 4.19. The Morgan fingerprint density at radius 3 is 3.05 bits per heavy atom. The maximum absolute atomic E-state index is 14.5. The summed E-state index contributed by atoms with van der Waals surface area (Å²) in [4.78, 5) is 3.89. The SMILES string of the molecule is C[C@@]1(C2CC=C3C(N)=NC=NN32)O[C@H](CO)[C@@H](O)[C@H]1F. The van der Waals surface area contributed by atoms with Gasteiger partial charge in [0.05, 0.1) is 18.3 Å². The van der Waals surface area contributed by atoms with Crippen molar-refractivity contribution in [1.29, 1.82) is 0 Å². The number of hydrogen-bond donors (Lipinski definition) is 3. The lowest BCUT2D eigenvalue weighted by Gasteiger charge is -2.38. The molecule has 3 heterocycles. The quantitative estimate of drug-likeness (QED) is 0.610. The number of hydrogen-bond acceptors (Lipinski definition) is 7. The zero-order valence-electron chi connectivity index (χ0n) is 11.0. The van der Waals surface area contributed by atoms with Crippen LogP contribution in [0.4, 0.5) is 4.39 Å². The van der Waals surface area contributed by atoms with Gasteiger partial charge in [0, 0.05) is 0 Å². The Balaban J connectivity index is 1.88. The lowest BCUT2D eigenvalue weighted by Crippen LogP contribution is -2.53. The van der Waals surface area contributed by atoms with Gasteiger partial charge in [0.15, 0.2) is 12.0 Å².